The highest BCUT2D eigenvalue weighted by Crippen LogP contribution is 2.28. The quantitative estimate of drug-likeness (QED) is 0.893. The minimum absolute atomic E-state index is 0.473. The monoisotopic (exact) mass is 338 g/mol. The molecule has 2 atom stereocenters. The van der Waals surface area contributed by atoms with Crippen molar-refractivity contribution in [1.82, 2.24) is 10.2 Å². The summed E-state index contributed by atoms with van der Waals surface area (Å²) in [6.07, 6.45) is 3.43. The van der Waals surface area contributed by atoms with Crippen LogP contribution in [0.25, 0.3) is 0 Å². The van der Waals surface area contributed by atoms with Gasteiger partial charge in [0.15, 0.2) is 0 Å². The molecule has 2 fully saturated rings. The van der Waals surface area contributed by atoms with Crippen LogP contribution in [0, 0.1) is 0 Å². The Morgan fingerprint density at radius 2 is 2.05 bits per heavy atom. The molecular formula is C16H23BrN2O. The third kappa shape index (κ3) is 3.42. The lowest BCUT2D eigenvalue weighted by atomic mass is 10.1. The van der Waals surface area contributed by atoms with Gasteiger partial charge in [-0.15, -0.1) is 0 Å². The number of likely N-dealkylation sites (tertiary alicyclic amines) is 1. The fraction of sp³-hybridized carbons (Fsp3) is 0.625. The van der Waals surface area contributed by atoms with Gasteiger partial charge in [-0.3, -0.25) is 4.90 Å². The molecule has 2 heterocycles. The van der Waals surface area contributed by atoms with Crippen LogP contribution < -0.4 is 5.32 Å². The highest BCUT2D eigenvalue weighted by Gasteiger charge is 2.33. The van der Waals surface area contributed by atoms with Crippen LogP contribution in [0.3, 0.4) is 0 Å². The molecule has 110 valence electrons. The predicted molar refractivity (Wildman–Crippen MR) is 84.7 cm³/mol. The van der Waals surface area contributed by atoms with E-state index >= 15 is 0 Å². The van der Waals surface area contributed by atoms with Gasteiger partial charge in [0.1, 0.15) is 0 Å². The maximum atomic E-state index is 5.90. The molecule has 2 bridgehead atoms. The van der Waals surface area contributed by atoms with Gasteiger partial charge in [-0.25, -0.2) is 0 Å². The van der Waals surface area contributed by atoms with Gasteiger partial charge < -0.3 is 10.1 Å². The molecule has 0 aliphatic carbocycles. The first-order chi connectivity index (χ1) is 9.74. The number of hydrogen-bond donors (Lipinski definition) is 1. The average molecular weight is 339 g/mol. The molecule has 1 aromatic carbocycles. The Kier molecular flexibility index (Phi) is 4.76. The molecule has 20 heavy (non-hydrogen) atoms. The fourth-order valence-corrected chi connectivity index (χ4v) is 3.72. The van der Waals surface area contributed by atoms with Crippen molar-refractivity contribution in [1.29, 1.82) is 0 Å². The van der Waals surface area contributed by atoms with Gasteiger partial charge in [0.2, 0.25) is 0 Å². The smallest absolute Gasteiger partial charge is 0.0707 e. The summed E-state index contributed by atoms with van der Waals surface area (Å²) in [5.74, 6) is 0. The van der Waals surface area contributed by atoms with Crippen molar-refractivity contribution in [3.05, 3.63) is 33.8 Å². The van der Waals surface area contributed by atoms with Gasteiger partial charge in [-0.2, -0.15) is 0 Å². The Morgan fingerprint density at radius 1 is 1.30 bits per heavy atom. The van der Waals surface area contributed by atoms with Gasteiger partial charge in [0, 0.05) is 30.7 Å². The number of halogens is 1. The fourth-order valence-electron chi connectivity index (χ4n) is 3.17. The molecule has 1 N–H and O–H groups in total. The van der Waals surface area contributed by atoms with E-state index in [9.17, 15) is 0 Å². The molecular weight excluding hydrogens is 316 g/mol. The Morgan fingerprint density at radius 3 is 2.70 bits per heavy atom. The third-order valence-corrected chi connectivity index (χ3v) is 4.95. The molecule has 0 aromatic heterocycles. The van der Waals surface area contributed by atoms with E-state index in [2.05, 4.69) is 51.3 Å². The van der Waals surface area contributed by atoms with Crippen molar-refractivity contribution < 1.29 is 4.74 Å². The van der Waals surface area contributed by atoms with Gasteiger partial charge in [0.25, 0.3) is 0 Å². The summed E-state index contributed by atoms with van der Waals surface area (Å²) in [4.78, 5) is 2.54. The number of morpholine rings is 1. The summed E-state index contributed by atoms with van der Waals surface area (Å²) in [7, 11) is 0. The topological polar surface area (TPSA) is 24.5 Å². The predicted octanol–water partition coefficient (Wildman–Crippen LogP) is 2.92. The van der Waals surface area contributed by atoms with Crippen LogP contribution in [0.5, 0.6) is 0 Å². The Balaban J connectivity index is 1.62. The van der Waals surface area contributed by atoms with E-state index in [1.165, 1.54) is 28.4 Å². The summed E-state index contributed by atoms with van der Waals surface area (Å²) in [6, 6.07) is 6.74. The Labute approximate surface area is 129 Å². The normalized spacial score (nSPS) is 26.1. The van der Waals surface area contributed by atoms with Crippen LogP contribution in [-0.2, 0) is 17.8 Å². The molecule has 2 aliphatic heterocycles. The Hall–Kier alpha value is -0.420. The van der Waals surface area contributed by atoms with E-state index in [1.807, 2.05) is 0 Å². The van der Waals surface area contributed by atoms with E-state index in [0.29, 0.717) is 12.2 Å². The lowest BCUT2D eigenvalue weighted by molar-refractivity contribution is -0.0411. The summed E-state index contributed by atoms with van der Waals surface area (Å²) in [6.45, 7) is 7.28. The highest BCUT2D eigenvalue weighted by molar-refractivity contribution is 9.10. The summed E-state index contributed by atoms with van der Waals surface area (Å²) in [5.41, 5.74) is 2.72. The standard InChI is InChI=1S/C16H23BrN2O/c1-2-18-8-12-3-4-13(16(17)7-12)9-19-10-14-5-6-15(11-19)20-14/h3-4,7,14-15,18H,2,5-6,8-11H2,1H3. The number of nitrogens with one attached hydrogen (secondary N) is 1. The summed E-state index contributed by atoms with van der Waals surface area (Å²) in [5, 5.41) is 3.36. The number of fused-ring (bicyclic) bond motifs is 2. The van der Waals surface area contributed by atoms with Crippen LogP contribution in [0.1, 0.15) is 30.9 Å². The minimum Gasteiger partial charge on any atom is -0.372 e. The summed E-state index contributed by atoms with van der Waals surface area (Å²) >= 11 is 3.73. The lowest BCUT2D eigenvalue weighted by Gasteiger charge is -2.32. The molecule has 0 amide bonds. The second kappa shape index (κ2) is 6.56. The van der Waals surface area contributed by atoms with Crippen molar-refractivity contribution in [3.63, 3.8) is 0 Å². The van der Waals surface area contributed by atoms with Crippen LogP contribution in [-0.4, -0.2) is 36.7 Å². The van der Waals surface area contributed by atoms with Crippen LogP contribution in [0.4, 0.5) is 0 Å². The van der Waals surface area contributed by atoms with Gasteiger partial charge in [-0.05, 0) is 36.6 Å². The van der Waals surface area contributed by atoms with Gasteiger partial charge >= 0.3 is 0 Å². The molecule has 3 rings (SSSR count). The first-order valence-corrected chi connectivity index (χ1v) is 8.39. The first kappa shape index (κ1) is 14.5. The molecule has 2 aliphatic rings. The zero-order valence-electron chi connectivity index (χ0n) is 12.1. The lowest BCUT2D eigenvalue weighted by Crippen LogP contribution is -2.42. The maximum absolute atomic E-state index is 5.90. The van der Waals surface area contributed by atoms with Crippen molar-refractivity contribution in [2.45, 2.75) is 45.1 Å². The van der Waals surface area contributed by atoms with Gasteiger partial charge in [0.05, 0.1) is 12.2 Å². The van der Waals surface area contributed by atoms with Crippen LogP contribution in [0.15, 0.2) is 22.7 Å². The maximum Gasteiger partial charge on any atom is 0.0707 e. The van der Waals surface area contributed by atoms with E-state index in [4.69, 9.17) is 4.74 Å². The molecule has 1 aromatic rings. The van der Waals surface area contributed by atoms with E-state index < -0.39 is 0 Å². The van der Waals surface area contributed by atoms with Crippen molar-refractivity contribution >= 4 is 15.9 Å². The number of ether oxygens (including phenoxy) is 1. The van der Waals surface area contributed by atoms with Crippen LogP contribution in [0.2, 0.25) is 0 Å². The van der Waals surface area contributed by atoms with Crippen molar-refractivity contribution in [2.75, 3.05) is 19.6 Å². The minimum atomic E-state index is 0.473. The number of rotatable bonds is 5. The van der Waals surface area contributed by atoms with E-state index in [0.717, 1.165) is 32.7 Å². The van der Waals surface area contributed by atoms with Crippen molar-refractivity contribution in [3.8, 4) is 0 Å². The van der Waals surface area contributed by atoms with E-state index in [1.54, 1.807) is 0 Å². The second-order valence-electron chi connectivity index (χ2n) is 5.86. The van der Waals surface area contributed by atoms with Crippen molar-refractivity contribution in [2.24, 2.45) is 0 Å². The summed E-state index contributed by atoms with van der Waals surface area (Å²) < 4.78 is 7.13. The molecule has 4 heteroatoms. The Bertz CT molecular complexity index is 454. The van der Waals surface area contributed by atoms with Crippen LogP contribution >= 0.6 is 15.9 Å². The molecule has 2 unspecified atom stereocenters. The van der Waals surface area contributed by atoms with Gasteiger partial charge in [-0.1, -0.05) is 35.0 Å². The second-order valence-corrected chi connectivity index (χ2v) is 6.71. The zero-order valence-corrected chi connectivity index (χ0v) is 13.7. The molecule has 0 radical (unpaired) electrons. The largest absolute Gasteiger partial charge is 0.372 e. The SMILES string of the molecule is CCNCc1ccc(CN2CC3CCC(C2)O3)c(Br)c1. The third-order valence-electron chi connectivity index (χ3n) is 4.21. The number of benzene rings is 1. The zero-order chi connectivity index (χ0) is 13.9. The van der Waals surface area contributed by atoms with E-state index in [-0.39, 0.29) is 0 Å². The first-order valence-electron chi connectivity index (χ1n) is 7.60. The number of nitrogens with zero attached hydrogens (tertiary/aromatic N) is 1. The molecule has 0 saturated carbocycles. The molecule has 3 nitrogen and oxygen atoms in total. The molecule has 2 saturated heterocycles. The molecule has 0 spiro atoms. The average Bonchev–Trinajstić information content (AvgIpc) is 2.78. The highest BCUT2D eigenvalue weighted by atomic mass is 79.9. The number of hydrogen-bond acceptors (Lipinski definition) is 3.